The van der Waals surface area contributed by atoms with Crippen molar-refractivity contribution in [3.05, 3.63) is 59.8 Å². The monoisotopic (exact) mass is 354 g/mol. The first-order valence-electron chi connectivity index (χ1n) is 8.75. The summed E-state index contributed by atoms with van der Waals surface area (Å²) in [6.07, 6.45) is 2.62. The second kappa shape index (κ2) is 7.64. The van der Waals surface area contributed by atoms with Gasteiger partial charge < -0.3 is 9.88 Å². The Morgan fingerprint density at radius 2 is 2.08 bits per heavy atom. The van der Waals surface area contributed by atoms with Crippen molar-refractivity contribution in [2.75, 3.05) is 0 Å². The maximum Gasteiger partial charge on any atom is 0.225 e. The fourth-order valence-electron chi connectivity index (χ4n) is 3.13. The van der Waals surface area contributed by atoms with Crippen molar-refractivity contribution in [1.82, 2.24) is 19.9 Å². The van der Waals surface area contributed by atoms with Crippen molar-refractivity contribution in [3.63, 3.8) is 0 Å². The average Bonchev–Trinajstić information content (AvgIpc) is 2.91. The van der Waals surface area contributed by atoms with Crippen LogP contribution in [0, 0.1) is 11.7 Å². The minimum absolute atomic E-state index is 0.133. The minimum Gasteiger partial charge on any atom is -0.346 e. The van der Waals surface area contributed by atoms with E-state index in [-0.39, 0.29) is 24.2 Å². The Balaban J connectivity index is 1.83. The Morgan fingerprint density at radius 1 is 1.27 bits per heavy atom. The fraction of sp³-hybridized carbons (Fsp3) is 0.350. The number of hydrogen-bond donors (Lipinski definition) is 1. The van der Waals surface area contributed by atoms with Gasteiger partial charge in [0, 0.05) is 13.2 Å². The number of amides is 1. The zero-order valence-corrected chi connectivity index (χ0v) is 15.2. The fourth-order valence-corrected chi connectivity index (χ4v) is 3.13. The van der Waals surface area contributed by atoms with Crippen molar-refractivity contribution in [3.8, 4) is 0 Å². The summed E-state index contributed by atoms with van der Waals surface area (Å²) in [5.41, 5.74) is 2.24. The van der Waals surface area contributed by atoms with E-state index < -0.39 is 0 Å². The molecule has 0 unspecified atom stereocenters. The highest BCUT2D eigenvalue weighted by molar-refractivity contribution is 5.79. The van der Waals surface area contributed by atoms with E-state index in [4.69, 9.17) is 0 Å². The van der Waals surface area contributed by atoms with Crippen LogP contribution in [0.2, 0.25) is 0 Å². The summed E-state index contributed by atoms with van der Waals surface area (Å²) in [6, 6.07) is 9.65. The lowest BCUT2D eigenvalue weighted by molar-refractivity contribution is -0.121. The molecule has 0 spiro atoms. The molecular weight excluding hydrogens is 331 g/mol. The van der Waals surface area contributed by atoms with Crippen LogP contribution in [-0.2, 0) is 18.3 Å². The molecule has 1 N–H and O–H groups in total. The molecule has 0 saturated heterocycles. The Kier molecular flexibility index (Phi) is 5.30. The highest BCUT2D eigenvalue weighted by atomic mass is 19.1. The molecule has 2 heterocycles. The number of aromatic nitrogens is 3. The zero-order chi connectivity index (χ0) is 18.7. The van der Waals surface area contributed by atoms with Crippen molar-refractivity contribution in [1.29, 1.82) is 0 Å². The summed E-state index contributed by atoms with van der Waals surface area (Å²) in [5.74, 6) is 0.666. The molecule has 26 heavy (non-hydrogen) atoms. The van der Waals surface area contributed by atoms with Crippen LogP contribution in [0.3, 0.4) is 0 Å². The first-order valence-corrected chi connectivity index (χ1v) is 8.75. The number of halogens is 1. The van der Waals surface area contributed by atoms with Crippen molar-refractivity contribution in [2.45, 2.75) is 32.7 Å². The highest BCUT2D eigenvalue weighted by Gasteiger charge is 2.22. The van der Waals surface area contributed by atoms with Gasteiger partial charge in [0.2, 0.25) is 5.91 Å². The van der Waals surface area contributed by atoms with Gasteiger partial charge in [-0.15, -0.1) is 0 Å². The summed E-state index contributed by atoms with van der Waals surface area (Å²) in [6.45, 7) is 4.21. The van der Waals surface area contributed by atoms with Crippen molar-refractivity contribution in [2.24, 2.45) is 13.0 Å². The zero-order valence-electron chi connectivity index (χ0n) is 15.2. The molecule has 5 nitrogen and oxygen atoms in total. The van der Waals surface area contributed by atoms with Crippen LogP contribution in [-0.4, -0.2) is 20.4 Å². The molecule has 0 bridgehead atoms. The number of fused-ring (bicyclic) bond motifs is 1. The molecule has 3 rings (SSSR count). The second-order valence-electron chi connectivity index (χ2n) is 6.93. The number of nitrogens with one attached hydrogen (secondary N) is 1. The molecular formula is C20H23FN4O. The molecule has 0 aliphatic rings. The third-order valence-corrected chi connectivity index (χ3v) is 4.27. The van der Waals surface area contributed by atoms with Gasteiger partial charge in [-0.2, -0.15) is 0 Å². The van der Waals surface area contributed by atoms with E-state index in [1.165, 1.54) is 12.1 Å². The molecule has 0 saturated carbocycles. The van der Waals surface area contributed by atoms with E-state index in [2.05, 4.69) is 29.1 Å². The van der Waals surface area contributed by atoms with Gasteiger partial charge in [0.05, 0.1) is 12.5 Å². The van der Waals surface area contributed by atoms with Gasteiger partial charge in [0.1, 0.15) is 17.2 Å². The molecule has 1 atom stereocenters. The summed E-state index contributed by atoms with van der Waals surface area (Å²) in [5, 5.41) is 3.06. The number of hydrogen-bond acceptors (Lipinski definition) is 3. The lowest BCUT2D eigenvalue weighted by Gasteiger charge is -2.20. The number of nitrogens with zero attached hydrogens (tertiary/aromatic N) is 3. The quantitative estimate of drug-likeness (QED) is 0.736. The lowest BCUT2D eigenvalue weighted by atomic mass is 10.0. The van der Waals surface area contributed by atoms with Crippen LogP contribution in [0.5, 0.6) is 0 Å². The van der Waals surface area contributed by atoms with Gasteiger partial charge in [-0.05, 0) is 42.2 Å². The van der Waals surface area contributed by atoms with E-state index in [0.717, 1.165) is 23.4 Å². The van der Waals surface area contributed by atoms with Gasteiger partial charge in [-0.3, -0.25) is 4.79 Å². The normalized spacial score (nSPS) is 12.5. The number of benzene rings is 1. The number of aryl methyl sites for hydroxylation is 1. The number of rotatable bonds is 6. The van der Waals surface area contributed by atoms with Crippen LogP contribution >= 0.6 is 0 Å². The molecule has 0 aliphatic heterocycles. The van der Waals surface area contributed by atoms with Crippen LogP contribution in [0.15, 0.2) is 42.6 Å². The van der Waals surface area contributed by atoms with E-state index >= 15 is 0 Å². The largest absolute Gasteiger partial charge is 0.346 e. The van der Waals surface area contributed by atoms with Gasteiger partial charge in [0.25, 0.3) is 0 Å². The van der Waals surface area contributed by atoms with Gasteiger partial charge >= 0.3 is 0 Å². The van der Waals surface area contributed by atoms with Crippen LogP contribution in [0.1, 0.15) is 37.7 Å². The molecule has 1 amide bonds. The van der Waals surface area contributed by atoms with Crippen LogP contribution < -0.4 is 5.32 Å². The third-order valence-electron chi connectivity index (χ3n) is 4.27. The van der Waals surface area contributed by atoms with Crippen LogP contribution in [0.4, 0.5) is 4.39 Å². The van der Waals surface area contributed by atoms with Crippen LogP contribution in [0.25, 0.3) is 11.2 Å². The summed E-state index contributed by atoms with van der Waals surface area (Å²) in [4.78, 5) is 21.6. The number of imidazole rings is 1. The topological polar surface area (TPSA) is 59.8 Å². The summed E-state index contributed by atoms with van der Waals surface area (Å²) < 4.78 is 15.3. The van der Waals surface area contributed by atoms with E-state index in [0.29, 0.717) is 11.5 Å². The Morgan fingerprint density at radius 3 is 2.77 bits per heavy atom. The van der Waals surface area contributed by atoms with Crippen molar-refractivity contribution >= 4 is 17.1 Å². The number of carbonyl (C=O) groups is 1. The number of carbonyl (C=O) groups excluding carboxylic acids is 1. The molecule has 2 aromatic heterocycles. The third kappa shape index (κ3) is 4.07. The molecule has 136 valence electrons. The maximum absolute atomic E-state index is 13.3. The smallest absolute Gasteiger partial charge is 0.225 e. The lowest BCUT2D eigenvalue weighted by Crippen LogP contribution is -2.32. The molecule has 1 aromatic carbocycles. The average molecular weight is 354 g/mol. The van der Waals surface area contributed by atoms with E-state index in [1.807, 2.05) is 23.7 Å². The Labute approximate surface area is 152 Å². The Hall–Kier alpha value is -2.76. The number of pyridine rings is 1. The van der Waals surface area contributed by atoms with E-state index in [9.17, 15) is 9.18 Å². The predicted octanol–water partition coefficient (Wildman–Crippen LogP) is 3.55. The maximum atomic E-state index is 13.3. The molecule has 0 radical (unpaired) electrons. The molecule has 6 heteroatoms. The van der Waals surface area contributed by atoms with Crippen molar-refractivity contribution < 1.29 is 9.18 Å². The molecule has 3 aromatic rings. The van der Waals surface area contributed by atoms with Gasteiger partial charge in [-0.1, -0.05) is 26.0 Å². The first-order chi connectivity index (χ1) is 12.4. The predicted molar refractivity (Wildman–Crippen MR) is 99.0 cm³/mol. The first kappa shape index (κ1) is 18.0. The Bertz CT molecular complexity index is 919. The summed E-state index contributed by atoms with van der Waals surface area (Å²) >= 11 is 0. The molecule has 0 aliphatic carbocycles. The van der Waals surface area contributed by atoms with Gasteiger partial charge in [-0.25, -0.2) is 14.4 Å². The highest BCUT2D eigenvalue weighted by Crippen LogP contribution is 2.23. The molecule has 0 fully saturated rings. The second-order valence-corrected chi connectivity index (χ2v) is 6.93. The minimum atomic E-state index is -0.338. The standard InChI is InChI=1S/C20H23FN4O/c1-13(2)10-17(20-24-16-8-5-9-22-19(16)25(20)3)23-18(26)12-14-6-4-7-15(21)11-14/h4-9,11,13,17H,10,12H2,1-3H3,(H,23,26)/t17-/m0/s1. The SMILES string of the molecule is CC(C)C[C@H](NC(=O)Cc1cccc(F)c1)c1nc2cccnc2n1C. The van der Waals surface area contributed by atoms with Gasteiger partial charge in [0.15, 0.2) is 5.65 Å². The van der Waals surface area contributed by atoms with E-state index in [1.54, 1.807) is 18.3 Å². The summed E-state index contributed by atoms with van der Waals surface area (Å²) in [7, 11) is 1.91.